The molecule has 1 aliphatic rings. The van der Waals surface area contributed by atoms with E-state index in [9.17, 15) is 0 Å². The Morgan fingerprint density at radius 1 is 1.29 bits per heavy atom. The second kappa shape index (κ2) is 6.12. The molecule has 2 aromatic rings. The Balaban J connectivity index is 1.68. The first kappa shape index (κ1) is 14.5. The lowest BCUT2D eigenvalue weighted by Gasteiger charge is -2.17. The van der Waals surface area contributed by atoms with Crippen molar-refractivity contribution in [2.45, 2.75) is 36.5 Å². The minimum Gasteiger partial charge on any atom is -0.492 e. The van der Waals surface area contributed by atoms with Gasteiger partial charge in [-0.15, -0.1) is 11.8 Å². The highest BCUT2D eigenvalue weighted by Crippen LogP contribution is 2.37. The first-order chi connectivity index (χ1) is 10.1. The average Bonchev–Trinajstić information content (AvgIpc) is 2.87. The zero-order valence-corrected chi connectivity index (χ0v) is 13.3. The summed E-state index contributed by atoms with van der Waals surface area (Å²) in [6, 6.07) is 14.9. The fourth-order valence-corrected chi connectivity index (χ4v) is 3.89. The molecule has 2 unspecified atom stereocenters. The van der Waals surface area contributed by atoms with Gasteiger partial charge in [-0.05, 0) is 43.5 Å². The van der Waals surface area contributed by atoms with Gasteiger partial charge in [0.25, 0.3) is 0 Å². The molecule has 3 heteroatoms. The molecule has 0 bridgehead atoms. The number of aryl methyl sites for hydroxylation is 1. The lowest BCUT2D eigenvalue weighted by Crippen LogP contribution is -2.16. The molecule has 21 heavy (non-hydrogen) atoms. The van der Waals surface area contributed by atoms with Crippen molar-refractivity contribution < 1.29 is 4.74 Å². The van der Waals surface area contributed by atoms with Crippen LogP contribution in [0.4, 0.5) is 0 Å². The monoisotopic (exact) mass is 299 g/mol. The van der Waals surface area contributed by atoms with Gasteiger partial charge in [0, 0.05) is 21.8 Å². The summed E-state index contributed by atoms with van der Waals surface area (Å²) >= 11 is 1.92. The number of fused-ring (bicyclic) bond motifs is 1. The maximum atomic E-state index is 6.09. The molecule has 2 atom stereocenters. The van der Waals surface area contributed by atoms with E-state index in [-0.39, 0.29) is 6.04 Å². The van der Waals surface area contributed by atoms with Gasteiger partial charge in [-0.3, -0.25) is 0 Å². The summed E-state index contributed by atoms with van der Waals surface area (Å²) in [5, 5.41) is 0.490. The van der Waals surface area contributed by atoms with Gasteiger partial charge in [0.1, 0.15) is 12.4 Å². The Bertz CT molecular complexity index is 614. The molecule has 0 saturated heterocycles. The van der Waals surface area contributed by atoms with E-state index in [1.54, 1.807) is 0 Å². The largest absolute Gasteiger partial charge is 0.492 e. The van der Waals surface area contributed by atoms with Gasteiger partial charge < -0.3 is 10.5 Å². The number of hydrogen-bond donors (Lipinski definition) is 1. The van der Waals surface area contributed by atoms with Gasteiger partial charge in [0.2, 0.25) is 0 Å². The van der Waals surface area contributed by atoms with Gasteiger partial charge in [-0.1, -0.05) is 30.3 Å². The molecule has 1 aliphatic heterocycles. The second-order valence-corrected chi connectivity index (χ2v) is 7.03. The molecule has 110 valence electrons. The van der Waals surface area contributed by atoms with E-state index in [0.717, 1.165) is 24.3 Å². The molecule has 0 radical (unpaired) electrons. The second-order valence-electron chi connectivity index (χ2n) is 5.69. The summed E-state index contributed by atoms with van der Waals surface area (Å²) in [6.07, 6.45) is 1.08. The Morgan fingerprint density at radius 3 is 2.86 bits per heavy atom. The van der Waals surface area contributed by atoms with Crippen LogP contribution in [0.2, 0.25) is 0 Å². The molecule has 2 nitrogen and oxygen atoms in total. The molecule has 0 amide bonds. The summed E-state index contributed by atoms with van der Waals surface area (Å²) in [4.78, 5) is 1.39. The highest BCUT2D eigenvalue weighted by molar-refractivity contribution is 8.00. The lowest BCUT2D eigenvalue weighted by molar-refractivity contribution is 0.312. The van der Waals surface area contributed by atoms with E-state index in [1.165, 1.54) is 16.0 Å². The van der Waals surface area contributed by atoms with E-state index in [1.807, 2.05) is 18.7 Å². The highest BCUT2D eigenvalue weighted by atomic mass is 32.2. The van der Waals surface area contributed by atoms with Crippen LogP contribution in [0.15, 0.2) is 47.4 Å². The van der Waals surface area contributed by atoms with Crippen LogP contribution in [0.25, 0.3) is 0 Å². The summed E-state index contributed by atoms with van der Waals surface area (Å²) in [5.41, 5.74) is 9.76. The lowest BCUT2D eigenvalue weighted by atomic mass is 10.1. The summed E-state index contributed by atoms with van der Waals surface area (Å²) in [7, 11) is 0. The maximum absolute atomic E-state index is 6.09. The predicted molar refractivity (Wildman–Crippen MR) is 89.1 cm³/mol. The van der Waals surface area contributed by atoms with Crippen molar-refractivity contribution in [2.75, 3.05) is 6.61 Å². The Kier molecular flexibility index (Phi) is 4.22. The van der Waals surface area contributed by atoms with Crippen LogP contribution in [-0.4, -0.2) is 11.9 Å². The van der Waals surface area contributed by atoms with Crippen molar-refractivity contribution in [1.29, 1.82) is 0 Å². The SMILES string of the molecule is Cc1ccc(C(C)N)c(OCC2Cc3ccccc3S2)c1. The van der Waals surface area contributed by atoms with Crippen LogP contribution in [0.1, 0.15) is 29.7 Å². The van der Waals surface area contributed by atoms with E-state index in [4.69, 9.17) is 10.5 Å². The average molecular weight is 299 g/mol. The van der Waals surface area contributed by atoms with Crippen LogP contribution in [0.5, 0.6) is 5.75 Å². The molecular formula is C18H21NOS. The zero-order valence-electron chi connectivity index (χ0n) is 12.5. The zero-order chi connectivity index (χ0) is 14.8. The fraction of sp³-hybridized carbons (Fsp3) is 0.333. The molecule has 0 saturated carbocycles. The van der Waals surface area contributed by atoms with Crippen LogP contribution >= 0.6 is 11.8 Å². The van der Waals surface area contributed by atoms with Gasteiger partial charge >= 0.3 is 0 Å². The minimum absolute atomic E-state index is 0.00553. The van der Waals surface area contributed by atoms with Crippen molar-refractivity contribution >= 4 is 11.8 Å². The summed E-state index contributed by atoms with van der Waals surface area (Å²) in [5.74, 6) is 0.932. The van der Waals surface area contributed by atoms with Crippen molar-refractivity contribution in [3.63, 3.8) is 0 Å². The quantitative estimate of drug-likeness (QED) is 0.922. The number of hydrogen-bond acceptors (Lipinski definition) is 3. The first-order valence-corrected chi connectivity index (χ1v) is 8.25. The standard InChI is InChI=1S/C18H21NOS/c1-12-7-8-16(13(2)19)17(9-12)20-11-15-10-14-5-3-4-6-18(14)21-15/h3-9,13,15H,10-11,19H2,1-2H3. The Morgan fingerprint density at radius 2 is 2.10 bits per heavy atom. The molecule has 0 fully saturated rings. The minimum atomic E-state index is -0.00553. The number of ether oxygens (including phenoxy) is 1. The summed E-state index contributed by atoms with van der Waals surface area (Å²) in [6.45, 7) is 4.80. The molecule has 3 rings (SSSR count). The molecule has 2 N–H and O–H groups in total. The molecule has 0 spiro atoms. The predicted octanol–water partition coefficient (Wildman–Crippen LogP) is 4.11. The van der Waals surface area contributed by atoms with Crippen LogP contribution in [0, 0.1) is 6.92 Å². The molecule has 0 aliphatic carbocycles. The van der Waals surface area contributed by atoms with E-state index in [2.05, 4.69) is 49.4 Å². The molecule has 1 heterocycles. The third kappa shape index (κ3) is 3.25. The van der Waals surface area contributed by atoms with Crippen molar-refractivity contribution in [2.24, 2.45) is 5.73 Å². The number of nitrogens with two attached hydrogens (primary N) is 1. The maximum Gasteiger partial charge on any atom is 0.124 e. The third-order valence-corrected chi connectivity index (χ3v) is 5.09. The number of thioether (sulfide) groups is 1. The van der Waals surface area contributed by atoms with Crippen molar-refractivity contribution in [3.8, 4) is 5.75 Å². The molecule has 2 aromatic carbocycles. The van der Waals surface area contributed by atoms with Gasteiger partial charge in [0.15, 0.2) is 0 Å². The van der Waals surface area contributed by atoms with Gasteiger partial charge in [-0.25, -0.2) is 0 Å². The van der Waals surface area contributed by atoms with Crippen molar-refractivity contribution in [3.05, 3.63) is 59.2 Å². The number of benzene rings is 2. The Hall–Kier alpha value is -1.45. The van der Waals surface area contributed by atoms with Gasteiger partial charge in [-0.2, -0.15) is 0 Å². The molecular weight excluding hydrogens is 278 g/mol. The smallest absolute Gasteiger partial charge is 0.124 e. The fourth-order valence-electron chi connectivity index (χ4n) is 2.67. The first-order valence-electron chi connectivity index (χ1n) is 7.37. The normalized spacial score (nSPS) is 18.3. The van der Waals surface area contributed by atoms with E-state index < -0.39 is 0 Å². The van der Waals surface area contributed by atoms with Crippen LogP contribution in [0.3, 0.4) is 0 Å². The van der Waals surface area contributed by atoms with Gasteiger partial charge in [0.05, 0.1) is 0 Å². The van der Waals surface area contributed by atoms with Crippen LogP contribution in [-0.2, 0) is 6.42 Å². The summed E-state index contributed by atoms with van der Waals surface area (Å²) < 4.78 is 6.09. The number of rotatable bonds is 4. The topological polar surface area (TPSA) is 35.2 Å². The van der Waals surface area contributed by atoms with E-state index in [0.29, 0.717) is 5.25 Å². The van der Waals surface area contributed by atoms with E-state index >= 15 is 0 Å². The third-order valence-electron chi connectivity index (χ3n) is 3.80. The highest BCUT2D eigenvalue weighted by Gasteiger charge is 2.22. The van der Waals surface area contributed by atoms with Crippen molar-refractivity contribution in [1.82, 2.24) is 0 Å². The van der Waals surface area contributed by atoms with Crippen LogP contribution < -0.4 is 10.5 Å². The molecule has 0 aromatic heterocycles. The Labute approximate surface area is 130 Å².